The molecule has 0 unspecified atom stereocenters. The second-order valence-corrected chi connectivity index (χ2v) is 7.38. The van der Waals surface area contributed by atoms with Gasteiger partial charge < -0.3 is 19.4 Å². The molecule has 33 heavy (non-hydrogen) atoms. The molecule has 13 heteroatoms. The number of halogens is 1. The Morgan fingerprint density at radius 2 is 2.12 bits per heavy atom. The fourth-order valence-electron chi connectivity index (χ4n) is 3.51. The van der Waals surface area contributed by atoms with E-state index in [0.29, 0.717) is 24.5 Å². The van der Waals surface area contributed by atoms with Crippen molar-refractivity contribution in [2.45, 2.75) is 13.0 Å². The number of hydrogen-bond acceptors (Lipinski definition) is 8. The van der Waals surface area contributed by atoms with Gasteiger partial charge in [-0.15, -0.1) is 0 Å². The molecule has 0 bridgehead atoms. The SMILES string of the molecule is CC(=O)NC[C@H]1CN(c2ccc(N3CCON(C(=O)Nc4ncco4)CC3)c(F)c2)C(=O)O1. The third-order valence-electron chi connectivity index (χ3n) is 5.09. The van der Waals surface area contributed by atoms with Gasteiger partial charge in [0.1, 0.15) is 18.2 Å². The van der Waals surface area contributed by atoms with E-state index in [1.807, 2.05) is 0 Å². The Labute approximate surface area is 188 Å². The van der Waals surface area contributed by atoms with Crippen molar-refractivity contribution >= 4 is 35.4 Å². The van der Waals surface area contributed by atoms with E-state index in [1.54, 1.807) is 17.0 Å². The molecule has 4 amide bonds. The van der Waals surface area contributed by atoms with E-state index in [2.05, 4.69) is 15.6 Å². The van der Waals surface area contributed by atoms with Crippen molar-refractivity contribution in [1.82, 2.24) is 15.4 Å². The second-order valence-electron chi connectivity index (χ2n) is 7.38. The zero-order valence-corrected chi connectivity index (χ0v) is 17.8. The highest BCUT2D eigenvalue weighted by molar-refractivity contribution is 5.90. The Balaban J connectivity index is 1.37. The topological polar surface area (TPSA) is 129 Å². The summed E-state index contributed by atoms with van der Waals surface area (Å²) in [4.78, 5) is 47.9. The number of hydroxylamine groups is 2. The number of cyclic esters (lactones) is 1. The summed E-state index contributed by atoms with van der Waals surface area (Å²) in [6.45, 7) is 2.76. The number of anilines is 3. The molecule has 176 valence electrons. The summed E-state index contributed by atoms with van der Waals surface area (Å²) in [7, 11) is 0. The van der Waals surface area contributed by atoms with E-state index in [9.17, 15) is 18.8 Å². The highest BCUT2D eigenvalue weighted by Crippen LogP contribution is 2.28. The third kappa shape index (κ3) is 5.31. The average molecular weight is 462 g/mol. The Kier molecular flexibility index (Phi) is 6.58. The van der Waals surface area contributed by atoms with Crippen LogP contribution in [0.2, 0.25) is 0 Å². The highest BCUT2D eigenvalue weighted by Gasteiger charge is 2.33. The van der Waals surface area contributed by atoms with Gasteiger partial charge in [0, 0.05) is 20.0 Å². The second kappa shape index (κ2) is 9.73. The van der Waals surface area contributed by atoms with Gasteiger partial charge in [-0.1, -0.05) is 0 Å². The Bertz CT molecular complexity index is 1020. The van der Waals surface area contributed by atoms with Gasteiger partial charge in [0.05, 0.1) is 43.8 Å². The van der Waals surface area contributed by atoms with Crippen LogP contribution in [0, 0.1) is 5.82 Å². The van der Waals surface area contributed by atoms with Gasteiger partial charge in [0.2, 0.25) is 5.91 Å². The lowest BCUT2D eigenvalue weighted by molar-refractivity contribution is -0.119. The predicted octanol–water partition coefficient (Wildman–Crippen LogP) is 1.56. The first kappa shape index (κ1) is 22.3. The molecule has 1 aromatic heterocycles. The molecule has 0 saturated carbocycles. The molecule has 4 rings (SSSR count). The van der Waals surface area contributed by atoms with Gasteiger partial charge in [-0.25, -0.2) is 24.0 Å². The van der Waals surface area contributed by atoms with Crippen LogP contribution < -0.4 is 20.4 Å². The fourth-order valence-corrected chi connectivity index (χ4v) is 3.51. The van der Waals surface area contributed by atoms with Gasteiger partial charge in [-0.05, 0) is 18.2 Å². The molecule has 12 nitrogen and oxygen atoms in total. The molecule has 2 aliphatic rings. The number of oxazole rings is 1. The standard InChI is InChI=1S/C20H23FN6O6/c1-13(28)23-11-15-12-26(20(30)33-15)14-2-3-17(16(21)10-14)25-5-6-27(32-9-7-25)19(29)24-18-22-4-8-31-18/h2-4,8,10,15H,5-7,9,11-12H2,1H3,(H,23,28)(H,22,24,29)/t15-/m0/s1. The van der Waals surface area contributed by atoms with Crippen LogP contribution in [0.3, 0.4) is 0 Å². The molecular formula is C20H23FN6O6. The fraction of sp³-hybridized carbons (Fsp3) is 0.400. The molecule has 3 heterocycles. The normalized spacial score (nSPS) is 18.7. The zero-order valence-electron chi connectivity index (χ0n) is 17.8. The minimum Gasteiger partial charge on any atom is -0.442 e. The lowest BCUT2D eigenvalue weighted by Crippen LogP contribution is -2.37. The number of rotatable bonds is 5. The molecule has 1 aromatic carbocycles. The van der Waals surface area contributed by atoms with Crippen molar-refractivity contribution in [2.75, 3.05) is 54.4 Å². The molecule has 0 spiro atoms. The van der Waals surface area contributed by atoms with E-state index in [0.717, 1.165) is 5.06 Å². The van der Waals surface area contributed by atoms with Gasteiger partial charge in [0.15, 0.2) is 0 Å². The summed E-state index contributed by atoms with van der Waals surface area (Å²) in [5.74, 6) is -0.752. The molecule has 2 aliphatic heterocycles. The Morgan fingerprint density at radius 3 is 2.85 bits per heavy atom. The van der Waals surface area contributed by atoms with Crippen LogP contribution in [0.5, 0.6) is 0 Å². The van der Waals surface area contributed by atoms with Crippen LogP contribution in [0.25, 0.3) is 0 Å². The average Bonchev–Trinajstić information content (AvgIpc) is 3.35. The van der Waals surface area contributed by atoms with E-state index in [1.165, 1.54) is 30.4 Å². The number of nitrogens with zero attached hydrogens (tertiary/aromatic N) is 4. The highest BCUT2D eigenvalue weighted by atomic mass is 19.1. The lowest BCUT2D eigenvalue weighted by Gasteiger charge is -2.23. The first-order chi connectivity index (χ1) is 15.9. The van der Waals surface area contributed by atoms with Gasteiger partial charge in [-0.2, -0.15) is 0 Å². The first-order valence-corrected chi connectivity index (χ1v) is 10.3. The van der Waals surface area contributed by atoms with Crippen molar-refractivity contribution < 1.29 is 32.8 Å². The summed E-state index contributed by atoms with van der Waals surface area (Å²) in [6.07, 6.45) is 1.62. The van der Waals surface area contributed by atoms with Gasteiger partial charge in [-0.3, -0.25) is 19.8 Å². The molecule has 0 aliphatic carbocycles. The van der Waals surface area contributed by atoms with Gasteiger partial charge >= 0.3 is 18.1 Å². The van der Waals surface area contributed by atoms with Crippen molar-refractivity contribution in [1.29, 1.82) is 0 Å². The van der Waals surface area contributed by atoms with Crippen LogP contribution in [-0.4, -0.2) is 73.5 Å². The molecule has 2 aromatic rings. The van der Waals surface area contributed by atoms with E-state index >= 15 is 0 Å². The maximum absolute atomic E-state index is 15.0. The summed E-state index contributed by atoms with van der Waals surface area (Å²) >= 11 is 0. The van der Waals surface area contributed by atoms with E-state index < -0.39 is 24.0 Å². The number of ether oxygens (including phenoxy) is 1. The molecule has 0 radical (unpaired) electrons. The van der Waals surface area contributed by atoms with Crippen molar-refractivity contribution in [2.24, 2.45) is 0 Å². The van der Waals surface area contributed by atoms with Crippen molar-refractivity contribution in [3.63, 3.8) is 0 Å². The van der Waals surface area contributed by atoms with Crippen LogP contribution >= 0.6 is 0 Å². The maximum Gasteiger partial charge on any atom is 0.414 e. The van der Waals surface area contributed by atoms with Crippen LogP contribution in [0.4, 0.5) is 31.4 Å². The Hall–Kier alpha value is -3.87. The predicted molar refractivity (Wildman–Crippen MR) is 113 cm³/mol. The number of hydrogen-bond donors (Lipinski definition) is 2. The van der Waals surface area contributed by atoms with Gasteiger partial charge in [0.25, 0.3) is 0 Å². The number of aromatic nitrogens is 1. The Morgan fingerprint density at radius 1 is 1.27 bits per heavy atom. The van der Waals surface area contributed by atoms with Crippen LogP contribution in [0.15, 0.2) is 35.1 Å². The minimum absolute atomic E-state index is 0.0473. The zero-order chi connectivity index (χ0) is 23.4. The molecule has 1 atom stereocenters. The summed E-state index contributed by atoms with van der Waals surface area (Å²) in [6, 6.07) is 3.96. The number of nitrogens with one attached hydrogen (secondary N) is 2. The summed E-state index contributed by atoms with van der Waals surface area (Å²) in [5.41, 5.74) is 0.671. The molecular weight excluding hydrogens is 439 g/mol. The van der Waals surface area contributed by atoms with Crippen LogP contribution in [-0.2, 0) is 14.4 Å². The first-order valence-electron chi connectivity index (χ1n) is 10.3. The lowest BCUT2D eigenvalue weighted by atomic mass is 10.2. The third-order valence-corrected chi connectivity index (χ3v) is 5.09. The quantitative estimate of drug-likeness (QED) is 0.685. The number of carbonyl (C=O) groups excluding carboxylic acids is 3. The van der Waals surface area contributed by atoms with E-state index in [4.69, 9.17) is 14.0 Å². The smallest absolute Gasteiger partial charge is 0.414 e. The minimum atomic E-state index is -0.603. The molecule has 2 fully saturated rings. The molecule has 2 N–H and O–H groups in total. The van der Waals surface area contributed by atoms with Crippen LogP contribution in [0.1, 0.15) is 6.92 Å². The van der Waals surface area contributed by atoms with E-state index in [-0.39, 0.29) is 38.2 Å². The maximum atomic E-state index is 15.0. The van der Waals surface area contributed by atoms with Crippen molar-refractivity contribution in [3.05, 3.63) is 36.5 Å². The number of amides is 4. The monoisotopic (exact) mass is 462 g/mol. The summed E-state index contributed by atoms with van der Waals surface area (Å²) < 4.78 is 25.2. The number of benzene rings is 1. The van der Waals surface area contributed by atoms with Crippen molar-refractivity contribution in [3.8, 4) is 0 Å². The molecule has 2 saturated heterocycles. The summed E-state index contributed by atoms with van der Waals surface area (Å²) in [5, 5.41) is 6.19. The largest absolute Gasteiger partial charge is 0.442 e. The number of carbonyl (C=O) groups is 3. The number of urea groups is 1.